The van der Waals surface area contributed by atoms with Gasteiger partial charge in [0.15, 0.2) is 0 Å². The van der Waals surface area contributed by atoms with E-state index in [4.69, 9.17) is 10.8 Å². The number of nitrogens with two attached hydrogens (primary N) is 1. The third kappa shape index (κ3) is 3.33. The average molecular weight is 274 g/mol. The Hall–Kier alpha value is -2.40. The largest absolute Gasteiger partial charge is 0.508 e. The van der Waals surface area contributed by atoms with Crippen molar-refractivity contribution < 1.29 is 15.3 Å². The molecule has 0 atom stereocenters. The average Bonchev–Trinajstić information content (AvgIpc) is 2.42. The van der Waals surface area contributed by atoms with Gasteiger partial charge in [-0.05, 0) is 48.4 Å². The van der Waals surface area contributed by atoms with Gasteiger partial charge in [0.2, 0.25) is 0 Å². The highest BCUT2D eigenvalue weighted by Crippen LogP contribution is 2.25. The molecule has 0 heterocycles. The van der Waals surface area contributed by atoms with Crippen LogP contribution in [0.2, 0.25) is 0 Å². The number of nitrogen functional groups attached to an aromatic ring is 1. The Morgan fingerprint density at radius 1 is 1.00 bits per heavy atom. The molecule has 0 saturated carbocycles. The second-order valence-corrected chi connectivity index (χ2v) is 4.56. The van der Waals surface area contributed by atoms with Crippen LogP contribution in [0.1, 0.15) is 11.1 Å². The number of aliphatic hydroxyl groups excluding tert-OH is 1. The monoisotopic (exact) mass is 274 g/mol. The van der Waals surface area contributed by atoms with E-state index in [9.17, 15) is 10.2 Å². The molecule has 5 heteroatoms. The van der Waals surface area contributed by atoms with Crippen LogP contribution in [0.25, 0.3) is 0 Å². The van der Waals surface area contributed by atoms with Gasteiger partial charge in [-0.15, -0.1) is 0 Å². The van der Waals surface area contributed by atoms with Gasteiger partial charge in [0.1, 0.15) is 11.5 Å². The van der Waals surface area contributed by atoms with Gasteiger partial charge in [0.25, 0.3) is 0 Å². The van der Waals surface area contributed by atoms with E-state index >= 15 is 0 Å². The molecule has 0 radical (unpaired) electrons. The van der Waals surface area contributed by atoms with Gasteiger partial charge >= 0.3 is 0 Å². The number of aromatic hydroxyl groups is 2. The lowest BCUT2D eigenvalue weighted by Gasteiger charge is -2.13. The standard InChI is InChI=1S/C15H18N2O3/c16-12-1-3-14(10(7-12)5-6-18)17-9-11-8-13(19)2-4-15(11)20/h1-4,7-8,17-20H,5-6,9,16H2. The molecular weight excluding hydrogens is 256 g/mol. The maximum Gasteiger partial charge on any atom is 0.120 e. The van der Waals surface area contributed by atoms with Crippen molar-refractivity contribution in [1.29, 1.82) is 0 Å². The quantitative estimate of drug-likeness (QED) is 0.423. The van der Waals surface area contributed by atoms with Gasteiger partial charge in [-0.2, -0.15) is 0 Å². The highest BCUT2D eigenvalue weighted by Gasteiger charge is 2.06. The van der Waals surface area contributed by atoms with Gasteiger partial charge in [-0.3, -0.25) is 0 Å². The Kier molecular flexibility index (Phi) is 4.32. The molecule has 0 saturated heterocycles. The number of aliphatic hydroxyl groups is 1. The summed E-state index contributed by atoms with van der Waals surface area (Å²) in [6.45, 7) is 0.401. The van der Waals surface area contributed by atoms with Crippen LogP contribution in [-0.4, -0.2) is 21.9 Å². The van der Waals surface area contributed by atoms with Crippen LogP contribution >= 0.6 is 0 Å². The number of hydrogen-bond donors (Lipinski definition) is 5. The number of nitrogens with one attached hydrogen (secondary N) is 1. The summed E-state index contributed by atoms with van der Waals surface area (Å²) in [6.07, 6.45) is 0.499. The summed E-state index contributed by atoms with van der Waals surface area (Å²) in [5.41, 5.74) is 8.71. The van der Waals surface area contributed by atoms with Crippen molar-refractivity contribution in [3.63, 3.8) is 0 Å². The minimum absolute atomic E-state index is 0.0372. The number of anilines is 2. The Balaban J connectivity index is 2.16. The van der Waals surface area contributed by atoms with E-state index in [0.29, 0.717) is 24.2 Å². The second-order valence-electron chi connectivity index (χ2n) is 4.56. The first-order valence-electron chi connectivity index (χ1n) is 6.34. The first-order valence-corrected chi connectivity index (χ1v) is 6.34. The maximum atomic E-state index is 9.72. The molecule has 106 valence electrons. The van der Waals surface area contributed by atoms with Crippen molar-refractivity contribution in [2.45, 2.75) is 13.0 Å². The third-order valence-electron chi connectivity index (χ3n) is 3.04. The molecule has 2 rings (SSSR count). The fourth-order valence-corrected chi connectivity index (χ4v) is 2.02. The number of benzene rings is 2. The summed E-state index contributed by atoms with van der Waals surface area (Å²) in [5.74, 6) is 0.224. The van der Waals surface area contributed by atoms with E-state index in [1.165, 1.54) is 18.2 Å². The van der Waals surface area contributed by atoms with Crippen LogP contribution in [0.3, 0.4) is 0 Å². The molecule has 0 fully saturated rings. The number of hydrogen-bond acceptors (Lipinski definition) is 5. The number of phenols is 2. The van der Waals surface area contributed by atoms with Crippen molar-refractivity contribution in [2.24, 2.45) is 0 Å². The summed E-state index contributed by atoms with van der Waals surface area (Å²) < 4.78 is 0. The molecule has 6 N–H and O–H groups in total. The first-order chi connectivity index (χ1) is 9.60. The van der Waals surface area contributed by atoms with Crippen LogP contribution in [0.4, 0.5) is 11.4 Å². The fraction of sp³-hybridized carbons (Fsp3) is 0.200. The Labute approximate surface area is 117 Å². The minimum Gasteiger partial charge on any atom is -0.508 e. The zero-order valence-electron chi connectivity index (χ0n) is 11.0. The molecule has 2 aromatic carbocycles. The Morgan fingerprint density at radius 3 is 2.55 bits per heavy atom. The molecule has 0 spiro atoms. The number of rotatable bonds is 5. The SMILES string of the molecule is Nc1ccc(NCc2cc(O)ccc2O)c(CCO)c1. The molecule has 0 aliphatic rings. The van der Waals surface area contributed by atoms with Gasteiger partial charge in [0, 0.05) is 30.1 Å². The zero-order valence-corrected chi connectivity index (χ0v) is 11.0. The molecule has 0 amide bonds. The van der Waals surface area contributed by atoms with Crippen LogP contribution in [0.5, 0.6) is 11.5 Å². The lowest BCUT2D eigenvalue weighted by Crippen LogP contribution is -2.04. The van der Waals surface area contributed by atoms with Crippen molar-refractivity contribution in [1.82, 2.24) is 0 Å². The first kappa shape index (κ1) is 14.0. The summed E-state index contributed by atoms with van der Waals surface area (Å²) in [4.78, 5) is 0. The lowest BCUT2D eigenvalue weighted by atomic mass is 10.1. The highest BCUT2D eigenvalue weighted by molar-refractivity contribution is 5.58. The van der Waals surface area contributed by atoms with E-state index < -0.39 is 0 Å². The van der Waals surface area contributed by atoms with Crippen LogP contribution in [0, 0.1) is 0 Å². The minimum atomic E-state index is 0.0372. The van der Waals surface area contributed by atoms with E-state index in [0.717, 1.165) is 11.3 Å². The van der Waals surface area contributed by atoms with E-state index in [2.05, 4.69) is 5.32 Å². The summed E-state index contributed by atoms with van der Waals surface area (Å²) in [6, 6.07) is 9.79. The smallest absolute Gasteiger partial charge is 0.120 e. The van der Waals surface area contributed by atoms with Crippen molar-refractivity contribution in [2.75, 3.05) is 17.7 Å². The molecule has 0 aliphatic carbocycles. The normalized spacial score (nSPS) is 10.4. The third-order valence-corrected chi connectivity index (χ3v) is 3.04. The van der Waals surface area contributed by atoms with Crippen molar-refractivity contribution in [3.8, 4) is 11.5 Å². The predicted octanol–water partition coefficient (Wildman–Crippen LogP) is 1.83. The van der Waals surface area contributed by atoms with Crippen LogP contribution in [-0.2, 0) is 13.0 Å². The molecule has 0 aromatic heterocycles. The van der Waals surface area contributed by atoms with E-state index in [1.807, 2.05) is 6.07 Å². The Morgan fingerprint density at radius 2 is 1.80 bits per heavy atom. The molecule has 0 aliphatic heterocycles. The number of phenolic OH excluding ortho intramolecular Hbond substituents is 2. The molecule has 0 unspecified atom stereocenters. The summed E-state index contributed by atoms with van der Waals surface area (Å²) in [5, 5.41) is 31.4. The van der Waals surface area contributed by atoms with Gasteiger partial charge in [0.05, 0.1) is 0 Å². The topological polar surface area (TPSA) is 98.7 Å². The molecule has 5 nitrogen and oxygen atoms in total. The fourth-order valence-electron chi connectivity index (χ4n) is 2.02. The van der Waals surface area contributed by atoms with Gasteiger partial charge in [-0.25, -0.2) is 0 Å². The molecule has 2 aromatic rings. The van der Waals surface area contributed by atoms with Crippen molar-refractivity contribution >= 4 is 11.4 Å². The van der Waals surface area contributed by atoms with Gasteiger partial charge < -0.3 is 26.4 Å². The van der Waals surface area contributed by atoms with E-state index in [1.54, 1.807) is 12.1 Å². The van der Waals surface area contributed by atoms with Crippen LogP contribution in [0.15, 0.2) is 36.4 Å². The Bertz CT molecular complexity index is 600. The molecule has 0 bridgehead atoms. The summed E-state index contributed by atoms with van der Waals surface area (Å²) >= 11 is 0. The molecule has 20 heavy (non-hydrogen) atoms. The second kappa shape index (κ2) is 6.16. The summed E-state index contributed by atoms with van der Waals surface area (Å²) in [7, 11) is 0. The maximum absolute atomic E-state index is 9.72. The van der Waals surface area contributed by atoms with Crippen molar-refractivity contribution in [3.05, 3.63) is 47.5 Å². The predicted molar refractivity (Wildman–Crippen MR) is 78.7 cm³/mol. The van der Waals surface area contributed by atoms with E-state index in [-0.39, 0.29) is 18.1 Å². The zero-order chi connectivity index (χ0) is 14.5. The lowest BCUT2D eigenvalue weighted by molar-refractivity contribution is 0.300. The van der Waals surface area contributed by atoms with Gasteiger partial charge in [-0.1, -0.05) is 0 Å². The highest BCUT2D eigenvalue weighted by atomic mass is 16.3. The molecular formula is C15H18N2O3. The van der Waals surface area contributed by atoms with Crippen LogP contribution < -0.4 is 11.1 Å².